The van der Waals surface area contributed by atoms with Crippen LogP contribution in [-0.4, -0.2) is 5.11 Å². The summed E-state index contributed by atoms with van der Waals surface area (Å²) in [6, 6.07) is 5.12. The highest BCUT2D eigenvalue weighted by molar-refractivity contribution is 5.42. The molecule has 0 fully saturated rings. The van der Waals surface area contributed by atoms with Crippen LogP contribution in [0.1, 0.15) is 29.2 Å². The van der Waals surface area contributed by atoms with Gasteiger partial charge < -0.3 is 10.8 Å². The zero-order valence-electron chi connectivity index (χ0n) is 8.41. The zero-order chi connectivity index (χ0) is 10.7. The van der Waals surface area contributed by atoms with Crippen molar-refractivity contribution in [2.24, 2.45) is 5.73 Å². The Kier molecular flexibility index (Phi) is 3.10. The first-order valence-electron chi connectivity index (χ1n) is 4.49. The molecule has 1 rings (SSSR count). The van der Waals surface area contributed by atoms with Crippen LogP contribution in [0.3, 0.4) is 0 Å². The van der Waals surface area contributed by atoms with E-state index in [9.17, 15) is 5.11 Å². The van der Waals surface area contributed by atoms with Crippen LogP contribution >= 0.6 is 0 Å². The van der Waals surface area contributed by atoms with Gasteiger partial charge in [-0.25, -0.2) is 0 Å². The SMILES string of the molecule is Cc1cc(O)cc(C)c1[C@H](N)CC#N. The molecule has 3 N–H and O–H groups in total. The molecule has 0 radical (unpaired) electrons. The van der Waals surface area contributed by atoms with Crippen LogP contribution in [0.5, 0.6) is 5.75 Å². The largest absolute Gasteiger partial charge is 0.508 e. The maximum Gasteiger partial charge on any atom is 0.116 e. The van der Waals surface area contributed by atoms with Gasteiger partial charge in [0.2, 0.25) is 0 Å². The van der Waals surface area contributed by atoms with E-state index < -0.39 is 0 Å². The molecule has 0 aliphatic heterocycles. The molecule has 0 unspecified atom stereocenters. The van der Waals surface area contributed by atoms with Crippen LogP contribution in [0, 0.1) is 25.2 Å². The van der Waals surface area contributed by atoms with Crippen molar-refractivity contribution < 1.29 is 5.11 Å². The first-order valence-corrected chi connectivity index (χ1v) is 4.49. The highest BCUT2D eigenvalue weighted by atomic mass is 16.3. The van der Waals surface area contributed by atoms with Crippen LogP contribution in [0.15, 0.2) is 12.1 Å². The Labute approximate surface area is 83.8 Å². The van der Waals surface area contributed by atoms with Gasteiger partial charge in [0.1, 0.15) is 5.75 Å². The van der Waals surface area contributed by atoms with Crippen molar-refractivity contribution in [3.8, 4) is 11.8 Å². The molecule has 0 heterocycles. The van der Waals surface area contributed by atoms with E-state index in [1.807, 2.05) is 19.9 Å². The van der Waals surface area contributed by atoms with Gasteiger partial charge in [-0.2, -0.15) is 5.26 Å². The smallest absolute Gasteiger partial charge is 0.116 e. The van der Waals surface area contributed by atoms with Crippen LogP contribution < -0.4 is 5.73 Å². The lowest BCUT2D eigenvalue weighted by Gasteiger charge is -2.15. The van der Waals surface area contributed by atoms with Crippen molar-refractivity contribution in [3.05, 3.63) is 28.8 Å². The van der Waals surface area contributed by atoms with Crippen molar-refractivity contribution >= 4 is 0 Å². The number of hydrogen-bond acceptors (Lipinski definition) is 3. The molecule has 0 aliphatic rings. The lowest BCUT2D eigenvalue weighted by atomic mass is 9.95. The molecule has 0 amide bonds. The fourth-order valence-corrected chi connectivity index (χ4v) is 1.74. The number of nitriles is 1. The average molecular weight is 190 g/mol. The third-order valence-corrected chi connectivity index (χ3v) is 2.26. The molecule has 74 valence electrons. The Morgan fingerprint density at radius 3 is 2.36 bits per heavy atom. The second-order valence-electron chi connectivity index (χ2n) is 3.46. The van der Waals surface area contributed by atoms with E-state index in [2.05, 4.69) is 0 Å². The van der Waals surface area contributed by atoms with Gasteiger partial charge in [-0.3, -0.25) is 0 Å². The summed E-state index contributed by atoms with van der Waals surface area (Å²) in [4.78, 5) is 0. The third kappa shape index (κ3) is 2.04. The van der Waals surface area contributed by atoms with Crippen LogP contribution in [-0.2, 0) is 0 Å². The van der Waals surface area contributed by atoms with Crippen LogP contribution in [0.2, 0.25) is 0 Å². The lowest BCUT2D eigenvalue weighted by Crippen LogP contribution is -2.12. The minimum Gasteiger partial charge on any atom is -0.508 e. The van der Waals surface area contributed by atoms with E-state index in [-0.39, 0.29) is 11.8 Å². The molecule has 0 saturated heterocycles. The quantitative estimate of drug-likeness (QED) is 0.748. The Morgan fingerprint density at radius 2 is 1.93 bits per heavy atom. The Balaban J connectivity index is 3.15. The van der Waals surface area contributed by atoms with Crippen molar-refractivity contribution in [1.82, 2.24) is 0 Å². The topological polar surface area (TPSA) is 70.0 Å². The molecule has 0 aromatic heterocycles. The van der Waals surface area contributed by atoms with E-state index in [4.69, 9.17) is 11.0 Å². The molecular weight excluding hydrogens is 176 g/mol. The van der Waals surface area contributed by atoms with Gasteiger partial charge in [0.05, 0.1) is 12.5 Å². The Morgan fingerprint density at radius 1 is 1.43 bits per heavy atom. The molecular formula is C11H14N2O. The Hall–Kier alpha value is -1.53. The molecule has 1 atom stereocenters. The predicted molar refractivity (Wildman–Crippen MR) is 54.7 cm³/mol. The standard InChI is InChI=1S/C11H14N2O/c1-7-5-9(14)6-8(2)11(7)10(13)3-4-12/h5-6,10,14H,3,13H2,1-2H3/t10-/m1/s1. The maximum absolute atomic E-state index is 9.32. The molecule has 3 heteroatoms. The second kappa shape index (κ2) is 4.12. The summed E-state index contributed by atoms with van der Waals surface area (Å²) in [6.45, 7) is 3.78. The van der Waals surface area contributed by atoms with E-state index in [0.717, 1.165) is 16.7 Å². The number of aromatic hydroxyl groups is 1. The molecule has 1 aromatic rings. The Bertz CT molecular complexity index is 356. The molecule has 0 saturated carbocycles. The molecule has 0 bridgehead atoms. The van der Waals surface area contributed by atoms with Gasteiger partial charge in [-0.05, 0) is 42.7 Å². The average Bonchev–Trinajstić information content (AvgIpc) is 2.01. The zero-order valence-corrected chi connectivity index (χ0v) is 8.41. The number of nitrogens with zero attached hydrogens (tertiary/aromatic N) is 1. The summed E-state index contributed by atoms with van der Waals surface area (Å²) in [7, 11) is 0. The number of phenolic OH excluding ortho intramolecular Hbond substituents is 1. The number of rotatable bonds is 2. The maximum atomic E-state index is 9.32. The number of benzene rings is 1. The summed E-state index contributed by atoms with van der Waals surface area (Å²) in [5, 5.41) is 17.9. The molecule has 3 nitrogen and oxygen atoms in total. The van der Waals surface area contributed by atoms with Gasteiger partial charge in [-0.1, -0.05) is 0 Å². The predicted octanol–water partition coefficient (Wildman–Crippen LogP) is 1.92. The fraction of sp³-hybridized carbons (Fsp3) is 0.364. The van der Waals surface area contributed by atoms with Gasteiger partial charge >= 0.3 is 0 Å². The molecule has 0 aliphatic carbocycles. The summed E-state index contributed by atoms with van der Waals surface area (Å²) in [5.41, 5.74) is 8.69. The van der Waals surface area contributed by atoms with E-state index in [1.54, 1.807) is 12.1 Å². The number of hydrogen-bond donors (Lipinski definition) is 2. The summed E-state index contributed by atoms with van der Waals surface area (Å²) < 4.78 is 0. The number of aryl methyl sites for hydroxylation is 2. The summed E-state index contributed by atoms with van der Waals surface area (Å²) in [5.74, 6) is 0.243. The van der Waals surface area contributed by atoms with Gasteiger partial charge in [0.25, 0.3) is 0 Å². The van der Waals surface area contributed by atoms with Crippen molar-refractivity contribution in [1.29, 1.82) is 5.26 Å². The molecule has 0 spiro atoms. The highest BCUT2D eigenvalue weighted by Gasteiger charge is 2.12. The first kappa shape index (κ1) is 10.6. The van der Waals surface area contributed by atoms with E-state index in [0.29, 0.717) is 6.42 Å². The molecule has 1 aromatic carbocycles. The lowest BCUT2D eigenvalue weighted by molar-refractivity contribution is 0.473. The monoisotopic (exact) mass is 190 g/mol. The van der Waals surface area contributed by atoms with Crippen molar-refractivity contribution in [3.63, 3.8) is 0 Å². The number of phenols is 1. The minimum absolute atomic E-state index is 0.243. The molecule has 14 heavy (non-hydrogen) atoms. The van der Waals surface area contributed by atoms with E-state index in [1.165, 1.54) is 0 Å². The summed E-state index contributed by atoms with van der Waals surface area (Å²) >= 11 is 0. The minimum atomic E-state index is -0.263. The van der Waals surface area contributed by atoms with Crippen molar-refractivity contribution in [2.75, 3.05) is 0 Å². The van der Waals surface area contributed by atoms with E-state index >= 15 is 0 Å². The van der Waals surface area contributed by atoms with Crippen LogP contribution in [0.25, 0.3) is 0 Å². The second-order valence-corrected chi connectivity index (χ2v) is 3.46. The van der Waals surface area contributed by atoms with Crippen LogP contribution in [0.4, 0.5) is 0 Å². The third-order valence-electron chi connectivity index (χ3n) is 2.26. The van der Waals surface area contributed by atoms with Gasteiger partial charge in [0, 0.05) is 6.04 Å². The summed E-state index contributed by atoms with van der Waals surface area (Å²) in [6.07, 6.45) is 0.298. The fourth-order valence-electron chi connectivity index (χ4n) is 1.74. The van der Waals surface area contributed by atoms with Gasteiger partial charge in [0.15, 0.2) is 0 Å². The van der Waals surface area contributed by atoms with Gasteiger partial charge in [-0.15, -0.1) is 0 Å². The number of nitrogens with two attached hydrogens (primary N) is 1. The van der Waals surface area contributed by atoms with Crippen molar-refractivity contribution in [2.45, 2.75) is 26.3 Å². The highest BCUT2D eigenvalue weighted by Crippen LogP contribution is 2.26. The normalized spacial score (nSPS) is 12.1. The first-order chi connectivity index (χ1) is 6.56.